The molecule has 0 heterocycles. The largest absolute Gasteiger partial charge is 0.339 e. The lowest BCUT2D eigenvalue weighted by atomic mass is 10.1. The lowest BCUT2D eigenvalue weighted by molar-refractivity contribution is -0.130. The summed E-state index contributed by atoms with van der Waals surface area (Å²) < 4.78 is 0. The summed E-state index contributed by atoms with van der Waals surface area (Å²) in [4.78, 5) is 23.6. The first-order valence-corrected chi connectivity index (χ1v) is 9.32. The Balaban J connectivity index is 0.00000450. The summed E-state index contributed by atoms with van der Waals surface area (Å²) in [5.74, 6) is 4.93. The molecule has 160 valence electrons. The van der Waals surface area contributed by atoms with Gasteiger partial charge in [-0.2, -0.15) is 0 Å². The predicted octanol–water partition coefficient (Wildman–Crippen LogP) is 1.78. The molecule has 0 fully saturated rings. The van der Waals surface area contributed by atoms with E-state index in [9.17, 15) is 9.59 Å². The van der Waals surface area contributed by atoms with Gasteiger partial charge in [-0.1, -0.05) is 45.2 Å². The van der Waals surface area contributed by atoms with E-state index in [1.165, 1.54) is 11.0 Å². The molecule has 6 N–H and O–H groups in total. The van der Waals surface area contributed by atoms with Crippen molar-refractivity contribution in [1.29, 1.82) is 0 Å². The third kappa shape index (κ3) is 7.68. The van der Waals surface area contributed by atoms with E-state index in [-0.39, 0.29) is 14.0 Å². The predicted molar refractivity (Wildman–Crippen MR) is 118 cm³/mol. The molecule has 7 heteroatoms. The van der Waals surface area contributed by atoms with E-state index in [0.29, 0.717) is 11.6 Å². The second-order valence-corrected chi connectivity index (χ2v) is 6.80. The molecule has 0 aromatic heterocycles. The second kappa shape index (κ2) is 12.4. The monoisotopic (exact) mass is 410 g/mol. The van der Waals surface area contributed by atoms with Crippen molar-refractivity contribution >= 4 is 11.8 Å². The van der Waals surface area contributed by atoms with Gasteiger partial charge in [0.25, 0.3) is 11.8 Å². The highest BCUT2D eigenvalue weighted by atomic mass is 16.5. The second-order valence-electron chi connectivity index (χ2n) is 6.80. The van der Waals surface area contributed by atoms with Gasteiger partial charge in [0.1, 0.15) is 6.04 Å². The van der Waals surface area contributed by atoms with Gasteiger partial charge in [0.2, 0.25) is 0 Å². The standard InChI is InChI=1S/C22H26N4O3.CH4/c1-15(2)24-14-18-7-5-16(6-8-18)3-4-17-9-11-19(12-10-17)21(27)25-20(13-23)22(28)26-29;/h5-12,15,20,24,29H,13-14,23H2,1-2H3,(H,25,27)(H,26,28);1H4/t20-;/m0./s1. The number of carbonyl (C=O) groups excluding carboxylic acids is 2. The Labute approximate surface area is 178 Å². The lowest BCUT2D eigenvalue weighted by Crippen LogP contribution is -2.50. The summed E-state index contributed by atoms with van der Waals surface area (Å²) >= 11 is 0. The number of nitrogens with two attached hydrogens (primary N) is 1. The van der Waals surface area contributed by atoms with E-state index in [2.05, 4.69) is 36.3 Å². The highest BCUT2D eigenvalue weighted by Gasteiger charge is 2.19. The molecule has 0 radical (unpaired) electrons. The van der Waals surface area contributed by atoms with Crippen LogP contribution in [0.3, 0.4) is 0 Å². The van der Waals surface area contributed by atoms with Gasteiger partial charge in [0.15, 0.2) is 0 Å². The maximum Gasteiger partial charge on any atom is 0.267 e. The van der Waals surface area contributed by atoms with Crippen molar-refractivity contribution in [2.75, 3.05) is 6.54 Å². The van der Waals surface area contributed by atoms with E-state index >= 15 is 0 Å². The molecule has 0 aliphatic rings. The minimum Gasteiger partial charge on any atom is -0.339 e. The first kappa shape index (κ1) is 24.9. The number of rotatable bonds is 7. The number of carbonyl (C=O) groups is 2. The molecule has 0 unspecified atom stereocenters. The van der Waals surface area contributed by atoms with E-state index in [1.54, 1.807) is 24.3 Å². The SMILES string of the molecule is C.CC(C)NCc1ccc(C#Cc2ccc(C(=O)N[C@@H](CN)C(=O)NO)cc2)cc1. The average Bonchev–Trinajstić information content (AvgIpc) is 2.74. The maximum atomic E-state index is 12.2. The Kier molecular flexibility index (Phi) is 10.3. The van der Waals surface area contributed by atoms with Gasteiger partial charge < -0.3 is 16.4 Å². The summed E-state index contributed by atoms with van der Waals surface area (Å²) in [5, 5.41) is 14.5. The van der Waals surface area contributed by atoms with Crippen LogP contribution in [-0.4, -0.2) is 35.7 Å². The van der Waals surface area contributed by atoms with Crippen LogP contribution in [0, 0.1) is 11.8 Å². The highest BCUT2D eigenvalue weighted by molar-refractivity contribution is 5.97. The van der Waals surface area contributed by atoms with Crippen LogP contribution in [0.1, 0.15) is 48.3 Å². The zero-order valence-corrected chi connectivity index (χ0v) is 16.5. The fraction of sp³-hybridized carbons (Fsp3) is 0.304. The smallest absolute Gasteiger partial charge is 0.267 e. The number of nitrogens with one attached hydrogen (secondary N) is 3. The zero-order chi connectivity index (χ0) is 21.2. The Hall–Kier alpha value is -3.18. The molecule has 0 aliphatic heterocycles. The molecule has 7 nitrogen and oxygen atoms in total. The van der Waals surface area contributed by atoms with Crippen LogP contribution in [-0.2, 0) is 11.3 Å². The summed E-state index contributed by atoms with van der Waals surface area (Å²) in [6.07, 6.45) is 0. The third-order valence-corrected chi connectivity index (χ3v) is 4.13. The van der Waals surface area contributed by atoms with Crippen molar-refractivity contribution in [3.8, 4) is 11.8 Å². The molecule has 2 aromatic rings. The minimum atomic E-state index is -1.01. The number of benzene rings is 2. The summed E-state index contributed by atoms with van der Waals surface area (Å²) in [5.41, 5.74) is 10.1. The number of hydroxylamine groups is 1. The van der Waals surface area contributed by atoms with Crippen LogP contribution >= 0.6 is 0 Å². The Morgan fingerprint density at radius 2 is 1.53 bits per heavy atom. The fourth-order valence-corrected chi connectivity index (χ4v) is 2.43. The molecule has 0 aliphatic carbocycles. The van der Waals surface area contributed by atoms with Crippen LogP contribution < -0.4 is 21.8 Å². The first-order valence-electron chi connectivity index (χ1n) is 9.32. The van der Waals surface area contributed by atoms with E-state index < -0.39 is 17.9 Å². The van der Waals surface area contributed by atoms with E-state index in [0.717, 1.165) is 17.7 Å². The molecular formula is C23H30N4O3. The van der Waals surface area contributed by atoms with Gasteiger partial charge in [-0.05, 0) is 42.0 Å². The molecule has 2 rings (SSSR count). The summed E-state index contributed by atoms with van der Waals surface area (Å²) in [7, 11) is 0. The van der Waals surface area contributed by atoms with E-state index in [4.69, 9.17) is 10.9 Å². The topological polar surface area (TPSA) is 116 Å². The third-order valence-electron chi connectivity index (χ3n) is 4.13. The molecule has 2 aromatic carbocycles. The number of hydrogen-bond acceptors (Lipinski definition) is 5. The molecule has 1 atom stereocenters. The highest BCUT2D eigenvalue weighted by Crippen LogP contribution is 2.06. The quantitative estimate of drug-likeness (QED) is 0.271. The minimum absolute atomic E-state index is 0. The van der Waals surface area contributed by atoms with Gasteiger partial charge in [0.05, 0.1) is 0 Å². The molecule has 2 amide bonds. The maximum absolute atomic E-state index is 12.2. The van der Waals surface area contributed by atoms with Crippen LogP contribution in [0.4, 0.5) is 0 Å². The van der Waals surface area contributed by atoms with Crippen LogP contribution in [0.15, 0.2) is 48.5 Å². The van der Waals surface area contributed by atoms with Gasteiger partial charge >= 0.3 is 0 Å². The van der Waals surface area contributed by atoms with Crippen LogP contribution in [0.5, 0.6) is 0 Å². The first-order chi connectivity index (χ1) is 13.9. The van der Waals surface area contributed by atoms with Gasteiger partial charge in [0, 0.05) is 35.8 Å². The summed E-state index contributed by atoms with van der Waals surface area (Å²) in [6.45, 7) is 4.90. The Bertz CT molecular complexity index is 881. The molecule has 0 bridgehead atoms. The van der Waals surface area contributed by atoms with Crippen molar-refractivity contribution in [1.82, 2.24) is 16.1 Å². The molecule has 30 heavy (non-hydrogen) atoms. The zero-order valence-electron chi connectivity index (χ0n) is 16.5. The van der Waals surface area contributed by atoms with Crippen LogP contribution in [0.2, 0.25) is 0 Å². The molecule has 0 saturated heterocycles. The normalized spacial score (nSPS) is 11.0. The lowest BCUT2D eigenvalue weighted by Gasteiger charge is -2.14. The van der Waals surface area contributed by atoms with Crippen LogP contribution in [0.25, 0.3) is 0 Å². The van der Waals surface area contributed by atoms with Gasteiger partial charge in [-0.15, -0.1) is 0 Å². The number of hydrogen-bond donors (Lipinski definition) is 5. The van der Waals surface area contributed by atoms with Gasteiger partial charge in [-0.3, -0.25) is 14.8 Å². The Morgan fingerprint density at radius 1 is 1.00 bits per heavy atom. The molecule has 0 saturated carbocycles. The van der Waals surface area contributed by atoms with Crippen molar-refractivity contribution in [3.63, 3.8) is 0 Å². The van der Waals surface area contributed by atoms with Gasteiger partial charge in [-0.25, -0.2) is 5.48 Å². The fourth-order valence-electron chi connectivity index (χ4n) is 2.43. The van der Waals surface area contributed by atoms with Crippen molar-refractivity contribution < 1.29 is 14.8 Å². The summed E-state index contributed by atoms with van der Waals surface area (Å²) in [6, 6.07) is 14.2. The molecular weight excluding hydrogens is 380 g/mol. The average molecular weight is 411 g/mol. The number of amides is 2. The molecule has 0 spiro atoms. The van der Waals surface area contributed by atoms with Crippen molar-refractivity contribution in [2.45, 2.75) is 39.9 Å². The Morgan fingerprint density at radius 3 is 2.00 bits per heavy atom. The van der Waals surface area contributed by atoms with Crippen molar-refractivity contribution in [2.24, 2.45) is 5.73 Å². The van der Waals surface area contributed by atoms with Crippen molar-refractivity contribution in [3.05, 3.63) is 70.8 Å². The van der Waals surface area contributed by atoms with E-state index in [1.807, 2.05) is 24.3 Å².